The van der Waals surface area contributed by atoms with Crippen molar-refractivity contribution < 1.29 is 19.4 Å². The Morgan fingerprint density at radius 2 is 2.00 bits per heavy atom. The Morgan fingerprint density at radius 3 is 2.64 bits per heavy atom. The molecule has 2 amide bonds. The van der Waals surface area contributed by atoms with E-state index in [4.69, 9.17) is 9.84 Å². The van der Waals surface area contributed by atoms with Gasteiger partial charge >= 0.3 is 12.0 Å². The summed E-state index contributed by atoms with van der Waals surface area (Å²) in [6.07, 6.45) is 3.56. The van der Waals surface area contributed by atoms with Gasteiger partial charge in [-0.25, -0.2) is 4.79 Å². The lowest BCUT2D eigenvalue weighted by Crippen LogP contribution is -2.40. The van der Waals surface area contributed by atoms with Crippen LogP contribution in [0.15, 0.2) is 24.3 Å². The molecule has 1 aromatic carbocycles. The van der Waals surface area contributed by atoms with Crippen molar-refractivity contribution in [2.75, 3.05) is 12.4 Å². The van der Waals surface area contributed by atoms with Crippen LogP contribution in [0.3, 0.4) is 0 Å². The molecule has 0 aliphatic heterocycles. The lowest BCUT2D eigenvalue weighted by molar-refractivity contribution is -0.138. The van der Waals surface area contributed by atoms with Gasteiger partial charge in [0.05, 0.1) is 7.11 Å². The minimum atomic E-state index is -0.743. The van der Waals surface area contributed by atoms with E-state index in [1.807, 2.05) is 12.1 Å². The van der Waals surface area contributed by atoms with Crippen LogP contribution in [-0.2, 0) is 4.79 Å². The highest BCUT2D eigenvalue weighted by Crippen LogP contribution is 2.27. The summed E-state index contributed by atoms with van der Waals surface area (Å²) in [5.41, 5.74) is 0.677. The Balaban J connectivity index is 1.77. The van der Waals surface area contributed by atoms with Crippen molar-refractivity contribution in [3.05, 3.63) is 24.3 Å². The zero-order chi connectivity index (χ0) is 15.9. The SMILES string of the molecule is COc1cccc(NC(=O)NC2CCC(CC(=O)O)CC2)c1. The quantitative estimate of drug-likeness (QED) is 0.780. The molecule has 0 unspecified atom stereocenters. The Kier molecular flexibility index (Phi) is 5.63. The van der Waals surface area contributed by atoms with Gasteiger partial charge in [0.25, 0.3) is 0 Å². The first-order valence-corrected chi connectivity index (χ1v) is 7.50. The van der Waals surface area contributed by atoms with Crippen molar-refractivity contribution in [1.82, 2.24) is 5.32 Å². The molecular formula is C16H22N2O4. The molecule has 0 bridgehead atoms. The van der Waals surface area contributed by atoms with Gasteiger partial charge in [0.1, 0.15) is 5.75 Å². The zero-order valence-corrected chi connectivity index (χ0v) is 12.7. The normalized spacial score (nSPS) is 21.0. The summed E-state index contributed by atoms with van der Waals surface area (Å²) in [6, 6.07) is 7.04. The number of anilines is 1. The van der Waals surface area contributed by atoms with Gasteiger partial charge in [-0.05, 0) is 43.7 Å². The molecule has 1 aromatic rings. The summed E-state index contributed by atoms with van der Waals surface area (Å²) in [4.78, 5) is 22.7. The predicted octanol–water partition coefficient (Wildman–Crippen LogP) is 2.85. The van der Waals surface area contributed by atoms with E-state index in [0.29, 0.717) is 11.4 Å². The number of carbonyl (C=O) groups excluding carboxylic acids is 1. The smallest absolute Gasteiger partial charge is 0.319 e. The van der Waals surface area contributed by atoms with Gasteiger partial charge < -0.3 is 20.5 Å². The second-order valence-electron chi connectivity index (χ2n) is 5.65. The molecular weight excluding hydrogens is 284 g/mol. The predicted molar refractivity (Wildman–Crippen MR) is 83.1 cm³/mol. The summed E-state index contributed by atoms with van der Waals surface area (Å²) < 4.78 is 5.11. The molecule has 0 spiro atoms. The van der Waals surface area contributed by atoms with E-state index < -0.39 is 5.97 Å². The molecule has 3 N–H and O–H groups in total. The van der Waals surface area contributed by atoms with E-state index in [9.17, 15) is 9.59 Å². The fourth-order valence-corrected chi connectivity index (χ4v) is 2.81. The summed E-state index contributed by atoms with van der Waals surface area (Å²) in [5.74, 6) is 0.177. The minimum absolute atomic E-state index is 0.107. The molecule has 1 fully saturated rings. The van der Waals surface area contributed by atoms with Gasteiger partial charge in [-0.1, -0.05) is 6.07 Å². The van der Waals surface area contributed by atoms with Gasteiger partial charge in [0.15, 0.2) is 0 Å². The van der Waals surface area contributed by atoms with Crippen LogP contribution in [0.4, 0.5) is 10.5 Å². The van der Waals surface area contributed by atoms with Crippen molar-refractivity contribution in [1.29, 1.82) is 0 Å². The van der Waals surface area contributed by atoms with Gasteiger partial charge in [-0.15, -0.1) is 0 Å². The van der Waals surface area contributed by atoms with E-state index in [2.05, 4.69) is 10.6 Å². The number of ether oxygens (including phenoxy) is 1. The lowest BCUT2D eigenvalue weighted by atomic mass is 9.84. The Bertz CT molecular complexity index is 525. The van der Waals surface area contributed by atoms with Crippen LogP contribution in [0.25, 0.3) is 0 Å². The molecule has 6 nitrogen and oxygen atoms in total. The van der Waals surface area contributed by atoms with E-state index in [1.54, 1.807) is 19.2 Å². The highest BCUT2D eigenvalue weighted by Gasteiger charge is 2.23. The number of methoxy groups -OCH3 is 1. The number of nitrogens with one attached hydrogen (secondary N) is 2. The molecule has 0 radical (unpaired) electrons. The Morgan fingerprint density at radius 1 is 1.27 bits per heavy atom. The number of amides is 2. The monoisotopic (exact) mass is 306 g/mol. The van der Waals surface area contributed by atoms with E-state index >= 15 is 0 Å². The van der Waals surface area contributed by atoms with Crippen molar-refractivity contribution in [2.24, 2.45) is 5.92 Å². The van der Waals surface area contributed by atoms with Crippen LogP contribution in [0, 0.1) is 5.92 Å². The number of urea groups is 1. The summed E-state index contributed by atoms with van der Waals surface area (Å²) in [6.45, 7) is 0. The number of carboxylic acids is 1. The standard InChI is InChI=1S/C16H22N2O4/c1-22-14-4-2-3-13(10-14)18-16(21)17-12-7-5-11(6-8-12)9-15(19)20/h2-4,10-12H,5-9H2,1H3,(H,19,20)(H2,17,18,21). The molecule has 0 aromatic heterocycles. The highest BCUT2D eigenvalue weighted by molar-refractivity contribution is 5.89. The molecule has 2 rings (SSSR count). The maximum Gasteiger partial charge on any atom is 0.319 e. The third kappa shape index (κ3) is 4.95. The largest absolute Gasteiger partial charge is 0.497 e. The van der Waals surface area contributed by atoms with Crippen molar-refractivity contribution in [3.8, 4) is 5.75 Å². The number of rotatable bonds is 5. The van der Waals surface area contributed by atoms with Gasteiger partial charge in [-0.2, -0.15) is 0 Å². The van der Waals surface area contributed by atoms with Crippen LogP contribution >= 0.6 is 0 Å². The number of carboxylic acid groups (broad SMARTS) is 1. The Labute approximate surface area is 129 Å². The third-order valence-electron chi connectivity index (χ3n) is 3.97. The second kappa shape index (κ2) is 7.68. The van der Waals surface area contributed by atoms with Crippen LogP contribution in [-0.4, -0.2) is 30.3 Å². The van der Waals surface area contributed by atoms with Crippen LogP contribution < -0.4 is 15.4 Å². The maximum atomic E-state index is 12.0. The first-order valence-electron chi connectivity index (χ1n) is 7.50. The topological polar surface area (TPSA) is 87.7 Å². The molecule has 1 saturated carbocycles. The molecule has 0 saturated heterocycles. The number of benzene rings is 1. The molecule has 1 aliphatic rings. The fourth-order valence-electron chi connectivity index (χ4n) is 2.81. The van der Waals surface area contributed by atoms with Gasteiger partial charge in [-0.3, -0.25) is 4.79 Å². The van der Waals surface area contributed by atoms with Gasteiger partial charge in [0, 0.05) is 24.2 Å². The zero-order valence-electron chi connectivity index (χ0n) is 12.7. The number of carbonyl (C=O) groups is 2. The summed E-state index contributed by atoms with van der Waals surface area (Å²) in [5, 5.41) is 14.5. The first-order chi connectivity index (χ1) is 10.6. The highest BCUT2D eigenvalue weighted by atomic mass is 16.5. The molecule has 0 heterocycles. The third-order valence-corrected chi connectivity index (χ3v) is 3.97. The van der Waals surface area contributed by atoms with Gasteiger partial charge in [0.2, 0.25) is 0 Å². The maximum absolute atomic E-state index is 12.0. The minimum Gasteiger partial charge on any atom is -0.497 e. The molecule has 6 heteroatoms. The van der Waals surface area contributed by atoms with Crippen molar-refractivity contribution in [2.45, 2.75) is 38.1 Å². The van der Waals surface area contributed by atoms with E-state index in [1.165, 1.54) is 0 Å². The number of hydrogen-bond donors (Lipinski definition) is 3. The average molecular weight is 306 g/mol. The first kappa shape index (κ1) is 16.1. The molecule has 120 valence electrons. The van der Waals surface area contributed by atoms with Crippen LogP contribution in [0.2, 0.25) is 0 Å². The Hall–Kier alpha value is -2.24. The number of hydrogen-bond acceptors (Lipinski definition) is 3. The van der Waals surface area contributed by atoms with E-state index in [0.717, 1.165) is 25.7 Å². The number of aliphatic carboxylic acids is 1. The molecule has 22 heavy (non-hydrogen) atoms. The van der Waals surface area contributed by atoms with Crippen molar-refractivity contribution >= 4 is 17.7 Å². The second-order valence-corrected chi connectivity index (χ2v) is 5.65. The average Bonchev–Trinajstić information content (AvgIpc) is 2.49. The summed E-state index contributed by atoms with van der Waals surface area (Å²) in [7, 11) is 1.58. The molecule has 0 atom stereocenters. The summed E-state index contributed by atoms with van der Waals surface area (Å²) >= 11 is 0. The van der Waals surface area contributed by atoms with Crippen molar-refractivity contribution in [3.63, 3.8) is 0 Å². The fraction of sp³-hybridized carbons (Fsp3) is 0.500. The van der Waals surface area contributed by atoms with Crippen LogP contribution in [0.1, 0.15) is 32.1 Å². The van der Waals surface area contributed by atoms with E-state index in [-0.39, 0.29) is 24.4 Å². The molecule has 1 aliphatic carbocycles. The lowest BCUT2D eigenvalue weighted by Gasteiger charge is -2.28. The van der Waals surface area contributed by atoms with Crippen LogP contribution in [0.5, 0.6) is 5.75 Å².